The molecule has 0 saturated heterocycles. The SMILES string of the molecule is NC(=O)OCCCCC(NC(=O)C(Cc1c(F)c(F)c(F)c(F)c1F)NCC(CCCN=C(N)N)NC(=O)C(N)Cc1ccccc1)C(N)=O. The Morgan fingerprint density at radius 1 is 0.740 bits per heavy atom. The molecule has 0 aliphatic rings. The van der Waals surface area contributed by atoms with Crippen LogP contribution in [0, 0.1) is 29.1 Å². The molecule has 0 aromatic heterocycles. The van der Waals surface area contributed by atoms with E-state index in [9.17, 15) is 41.1 Å². The van der Waals surface area contributed by atoms with Crippen LogP contribution in [-0.2, 0) is 32.0 Å². The van der Waals surface area contributed by atoms with Crippen LogP contribution in [0.2, 0.25) is 0 Å². The highest BCUT2D eigenvalue weighted by molar-refractivity contribution is 5.89. The van der Waals surface area contributed by atoms with E-state index in [-0.39, 0.29) is 57.8 Å². The largest absolute Gasteiger partial charge is 0.450 e. The number of benzene rings is 2. The number of ether oxygens (including phenoxy) is 1. The van der Waals surface area contributed by atoms with Crippen LogP contribution in [0.1, 0.15) is 43.2 Å². The number of carbonyl (C=O) groups is 4. The van der Waals surface area contributed by atoms with Crippen LogP contribution in [0.5, 0.6) is 0 Å². The van der Waals surface area contributed by atoms with E-state index in [0.29, 0.717) is 6.42 Å². The summed E-state index contributed by atoms with van der Waals surface area (Å²) in [4.78, 5) is 53.3. The Hall–Kier alpha value is -5.04. The molecule has 50 heavy (non-hydrogen) atoms. The Kier molecular flexibility index (Phi) is 16.8. The summed E-state index contributed by atoms with van der Waals surface area (Å²) in [5, 5.41) is 7.76. The molecule has 14 nitrogen and oxygen atoms in total. The number of nitrogens with two attached hydrogens (primary N) is 5. The Morgan fingerprint density at radius 2 is 1.36 bits per heavy atom. The Labute approximate surface area is 284 Å². The molecular weight excluding hydrogens is 673 g/mol. The summed E-state index contributed by atoms with van der Waals surface area (Å²) in [6, 6.07) is 4.00. The number of nitrogens with one attached hydrogen (secondary N) is 3. The van der Waals surface area contributed by atoms with Crippen molar-refractivity contribution in [3.63, 3.8) is 0 Å². The number of hydrogen-bond acceptors (Lipinski definition) is 8. The van der Waals surface area contributed by atoms with Crippen molar-refractivity contribution in [2.24, 2.45) is 33.7 Å². The molecule has 2 aromatic rings. The van der Waals surface area contributed by atoms with Crippen molar-refractivity contribution in [3.8, 4) is 0 Å². The highest BCUT2D eigenvalue weighted by Gasteiger charge is 2.31. The molecule has 4 unspecified atom stereocenters. The molecule has 0 spiro atoms. The van der Waals surface area contributed by atoms with Crippen LogP contribution in [0.25, 0.3) is 0 Å². The third-order valence-electron chi connectivity index (χ3n) is 7.41. The molecule has 0 aliphatic carbocycles. The predicted molar refractivity (Wildman–Crippen MR) is 172 cm³/mol. The van der Waals surface area contributed by atoms with Gasteiger partial charge in [0.1, 0.15) is 6.04 Å². The van der Waals surface area contributed by atoms with Gasteiger partial charge in [0.2, 0.25) is 23.5 Å². The van der Waals surface area contributed by atoms with Crippen LogP contribution >= 0.6 is 0 Å². The summed E-state index contributed by atoms with van der Waals surface area (Å²) < 4.78 is 75.9. The Balaban J connectivity index is 2.32. The van der Waals surface area contributed by atoms with Crippen LogP contribution in [-0.4, -0.2) is 73.6 Å². The van der Waals surface area contributed by atoms with Crippen LogP contribution in [0.3, 0.4) is 0 Å². The fourth-order valence-corrected chi connectivity index (χ4v) is 4.80. The first-order chi connectivity index (χ1) is 23.6. The van der Waals surface area contributed by atoms with Crippen molar-refractivity contribution < 1.29 is 45.9 Å². The molecule has 4 amide bonds. The second-order valence-corrected chi connectivity index (χ2v) is 11.3. The molecule has 276 valence electrons. The molecular formula is C31H42F5N9O5. The van der Waals surface area contributed by atoms with E-state index in [1.54, 1.807) is 30.3 Å². The molecule has 0 radical (unpaired) electrons. The standard InChI is InChI=1S/C31H42F5N9O5/c32-22-18(23(33)25(35)26(36)24(22)34)14-21(29(48)45-20(27(38)46)10-4-5-12-50-31(41)49)43-15-17(9-6-11-42-30(39)40)44-28(47)19(37)13-16-7-2-1-3-8-16/h1-3,7-8,17,19-21,43H,4-6,9-15,37H2,(H2,38,46)(H2,41,49)(H,44,47)(H,45,48)(H4,39,40,42). The predicted octanol–water partition coefficient (Wildman–Crippen LogP) is 0.227. The van der Waals surface area contributed by atoms with E-state index in [2.05, 4.69) is 25.7 Å². The van der Waals surface area contributed by atoms with Crippen molar-refractivity contribution in [2.75, 3.05) is 19.7 Å². The maximum Gasteiger partial charge on any atom is 0.404 e. The van der Waals surface area contributed by atoms with Crippen molar-refractivity contribution in [1.82, 2.24) is 16.0 Å². The van der Waals surface area contributed by atoms with Gasteiger partial charge in [-0.2, -0.15) is 0 Å². The summed E-state index contributed by atoms with van der Waals surface area (Å²) in [5.41, 5.74) is 26.7. The quantitative estimate of drug-likeness (QED) is 0.0219. The van der Waals surface area contributed by atoms with Gasteiger partial charge in [-0.05, 0) is 44.1 Å². The lowest BCUT2D eigenvalue weighted by molar-refractivity contribution is -0.128. The van der Waals surface area contributed by atoms with E-state index in [1.165, 1.54) is 0 Å². The number of guanidine groups is 1. The van der Waals surface area contributed by atoms with Gasteiger partial charge < -0.3 is 49.4 Å². The van der Waals surface area contributed by atoms with Crippen molar-refractivity contribution >= 4 is 29.8 Å². The molecule has 0 aliphatic heterocycles. The van der Waals surface area contributed by atoms with Gasteiger partial charge in [0, 0.05) is 31.1 Å². The molecule has 13 N–H and O–H groups in total. The second kappa shape index (κ2) is 20.5. The molecule has 19 heteroatoms. The molecule has 2 aromatic carbocycles. The number of nitrogens with zero attached hydrogens (tertiary/aromatic N) is 1. The number of amides is 4. The average Bonchev–Trinajstić information content (AvgIpc) is 3.07. The maximum atomic E-state index is 14.7. The lowest BCUT2D eigenvalue weighted by Gasteiger charge is -2.26. The molecule has 2 rings (SSSR count). The summed E-state index contributed by atoms with van der Waals surface area (Å²) >= 11 is 0. The third kappa shape index (κ3) is 13.5. The lowest BCUT2D eigenvalue weighted by atomic mass is 10.0. The van der Waals surface area contributed by atoms with Crippen LogP contribution < -0.4 is 44.6 Å². The van der Waals surface area contributed by atoms with E-state index < -0.39 is 89.1 Å². The first kappa shape index (κ1) is 41.1. The molecule has 0 heterocycles. The maximum absolute atomic E-state index is 14.7. The summed E-state index contributed by atoms with van der Waals surface area (Å²) in [6.07, 6.45) is -1.07. The van der Waals surface area contributed by atoms with Crippen molar-refractivity contribution in [1.29, 1.82) is 0 Å². The van der Waals surface area contributed by atoms with E-state index in [4.69, 9.17) is 28.7 Å². The second-order valence-electron chi connectivity index (χ2n) is 11.3. The number of carbonyl (C=O) groups excluding carboxylic acids is 4. The van der Waals surface area contributed by atoms with E-state index >= 15 is 0 Å². The van der Waals surface area contributed by atoms with Gasteiger partial charge >= 0.3 is 6.09 Å². The number of primary amides is 2. The van der Waals surface area contributed by atoms with Gasteiger partial charge in [0.05, 0.1) is 18.7 Å². The van der Waals surface area contributed by atoms with Gasteiger partial charge in [-0.3, -0.25) is 19.4 Å². The topological polar surface area (TPSA) is 256 Å². The first-order valence-corrected chi connectivity index (χ1v) is 15.5. The number of unbranched alkanes of at least 4 members (excludes halogenated alkanes) is 1. The highest BCUT2D eigenvalue weighted by Crippen LogP contribution is 2.24. The highest BCUT2D eigenvalue weighted by atomic mass is 19.2. The van der Waals surface area contributed by atoms with Gasteiger partial charge in [0.15, 0.2) is 29.2 Å². The van der Waals surface area contributed by atoms with E-state index in [0.717, 1.165) is 5.56 Å². The average molecular weight is 716 g/mol. The van der Waals surface area contributed by atoms with Gasteiger partial charge in [-0.1, -0.05) is 30.3 Å². The third-order valence-corrected chi connectivity index (χ3v) is 7.41. The van der Waals surface area contributed by atoms with Crippen molar-refractivity contribution in [3.05, 3.63) is 70.5 Å². The minimum Gasteiger partial charge on any atom is -0.450 e. The number of hydrogen-bond donors (Lipinski definition) is 8. The number of aliphatic imine (C=N–C) groups is 1. The number of rotatable bonds is 21. The monoisotopic (exact) mass is 715 g/mol. The zero-order chi connectivity index (χ0) is 37.4. The normalized spacial score (nSPS) is 13.4. The van der Waals surface area contributed by atoms with Crippen LogP contribution in [0.15, 0.2) is 35.3 Å². The van der Waals surface area contributed by atoms with Crippen molar-refractivity contribution in [2.45, 2.75) is 69.1 Å². The zero-order valence-electron chi connectivity index (χ0n) is 27.0. The minimum absolute atomic E-state index is 0.0682. The fraction of sp³-hybridized carbons (Fsp3) is 0.452. The van der Waals surface area contributed by atoms with Gasteiger partial charge in [0.25, 0.3) is 0 Å². The molecule has 4 atom stereocenters. The fourth-order valence-electron chi connectivity index (χ4n) is 4.80. The summed E-state index contributed by atoms with van der Waals surface area (Å²) in [7, 11) is 0. The zero-order valence-corrected chi connectivity index (χ0v) is 27.0. The Bertz CT molecular complexity index is 1470. The minimum atomic E-state index is -2.39. The molecule has 0 saturated carbocycles. The van der Waals surface area contributed by atoms with Crippen LogP contribution in [0.4, 0.5) is 26.7 Å². The molecule has 0 fully saturated rings. The van der Waals surface area contributed by atoms with E-state index in [1.807, 2.05) is 0 Å². The van der Waals surface area contributed by atoms with Gasteiger partial charge in [-0.25, -0.2) is 26.7 Å². The first-order valence-electron chi connectivity index (χ1n) is 15.5. The molecule has 0 bridgehead atoms. The van der Waals surface area contributed by atoms with Gasteiger partial charge in [-0.15, -0.1) is 0 Å². The summed E-state index contributed by atoms with van der Waals surface area (Å²) in [6.45, 7) is -0.237. The summed E-state index contributed by atoms with van der Waals surface area (Å²) in [5.74, 6) is -14.0. The number of halogens is 5. The lowest BCUT2D eigenvalue weighted by Crippen LogP contribution is -2.56. The Morgan fingerprint density at radius 3 is 1.94 bits per heavy atom. The smallest absolute Gasteiger partial charge is 0.404 e.